The van der Waals surface area contributed by atoms with Crippen molar-refractivity contribution in [1.82, 2.24) is 10.3 Å². The Labute approximate surface area is 204 Å². The van der Waals surface area contributed by atoms with Crippen LogP contribution < -0.4 is 15.0 Å². The van der Waals surface area contributed by atoms with E-state index in [1.165, 1.54) is 12.1 Å². The predicted octanol–water partition coefficient (Wildman–Crippen LogP) is 6.43. The molecule has 1 aliphatic rings. The van der Waals surface area contributed by atoms with Gasteiger partial charge in [-0.3, -0.25) is 4.98 Å². The molecule has 0 radical (unpaired) electrons. The number of benzene rings is 2. The molecule has 33 heavy (non-hydrogen) atoms. The van der Waals surface area contributed by atoms with Crippen molar-refractivity contribution >= 4 is 38.9 Å². The Kier molecular flexibility index (Phi) is 5.86. The highest BCUT2D eigenvalue weighted by Gasteiger charge is 2.42. The molecule has 166 valence electrons. The van der Waals surface area contributed by atoms with Gasteiger partial charge in [0.25, 0.3) is 0 Å². The summed E-state index contributed by atoms with van der Waals surface area (Å²) in [7, 11) is 1.63. The smallest absolute Gasteiger partial charge is 0.174 e. The minimum Gasteiger partial charge on any atom is -0.497 e. The number of methoxy groups -OCH3 is 1. The van der Waals surface area contributed by atoms with Crippen molar-refractivity contribution in [3.8, 4) is 17.1 Å². The van der Waals surface area contributed by atoms with Gasteiger partial charge >= 0.3 is 0 Å². The number of anilines is 1. The number of pyridine rings is 1. The topological polar surface area (TPSA) is 50.5 Å². The minimum absolute atomic E-state index is 0.236. The van der Waals surface area contributed by atoms with Crippen LogP contribution in [0.15, 0.2) is 87.9 Å². The molecule has 1 saturated heterocycles. The van der Waals surface area contributed by atoms with Gasteiger partial charge in [0.2, 0.25) is 0 Å². The number of thiocarbonyl (C=S) groups is 1. The SMILES string of the molecule is COc1cccc(N2C(=S)N[C@H](c3ccccn3)[C@H]2c2ccc(-c3ccc(F)cc3Br)o2)c1. The standard InChI is InChI=1S/C25H19BrFN3O2S/c1-31-17-6-4-5-16(14-17)30-24(23(29-25(30)33)20-7-2-3-12-28-20)22-11-10-21(32-22)18-9-8-15(27)13-19(18)26/h2-14,23-24H,1H3,(H,29,33)/t23-,24-/m1/s1. The third-order valence-corrected chi connectivity index (χ3v) is 6.52. The van der Waals surface area contributed by atoms with Crippen molar-refractivity contribution in [3.05, 3.63) is 101 Å². The summed E-state index contributed by atoms with van der Waals surface area (Å²) in [6.45, 7) is 0. The summed E-state index contributed by atoms with van der Waals surface area (Å²) in [6.07, 6.45) is 1.76. The Bertz CT molecular complexity index is 1310. The normalized spacial score (nSPS) is 17.8. The monoisotopic (exact) mass is 523 g/mol. The average Bonchev–Trinajstić information content (AvgIpc) is 3.44. The first kappa shape index (κ1) is 21.6. The van der Waals surface area contributed by atoms with Crippen LogP contribution in [0.4, 0.5) is 10.1 Å². The highest BCUT2D eigenvalue weighted by atomic mass is 79.9. The molecule has 0 saturated carbocycles. The number of hydrogen-bond acceptors (Lipinski definition) is 4. The molecule has 3 heterocycles. The van der Waals surface area contributed by atoms with Crippen molar-refractivity contribution < 1.29 is 13.5 Å². The van der Waals surface area contributed by atoms with Crippen LogP contribution in [0.25, 0.3) is 11.3 Å². The van der Waals surface area contributed by atoms with Crippen LogP contribution in [0.2, 0.25) is 0 Å². The Morgan fingerprint density at radius 1 is 1.09 bits per heavy atom. The zero-order valence-electron chi connectivity index (χ0n) is 17.5. The summed E-state index contributed by atoms with van der Waals surface area (Å²) in [5.41, 5.74) is 2.48. The minimum atomic E-state index is -0.317. The van der Waals surface area contributed by atoms with E-state index in [2.05, 4.69) is 26.2 Å². The van der Waals surface area contributed by atoms with Crippen molar-refractivity contribution in [2.45, 2.75) is 12.1 Å². The van der Waals surface area contributed by atoms with E-state index in [4.69, 9.17) is 21.4 Å². The van der Waals surface area contributed by atoms with Gasteiger partial charge in [-0.05, 0) is 82.7 Å². The molecule has 1 N–H and O–H groups in total. The van der Waals surface area contributed by atoms with Gasteiger partial charge in [-0.15, -0.1) is 0 Å². The summed E-state index contributed by atoms with van der Waals surface area (Å²) < 4.78 is 26.0. The fraction of sp³-hybridized carbons (Fsp3) is 0.120. The van der Waals surface area contributed by atoms with Gasteiger partial charge in [0.05, 0.1) is 18.8 Å². The second-order valence-electron chi connectivity index (χ2n) is 7.52. The van der Waals surface area contributed by atoms with Gasteiger partial charge in [0.1, 0.15) is 29.1 Å². The van der Waals surface area contributed by atoms with Crippen molar-refractivity contribution in [2.75, 3.05) is 12.0 Å². The first-order chi connectivity index (χ1) is 16.0. The van der Waals surface area contributed by atoms with E-state index in [-0.39, 0.29) is 17.9 Å². The first-order valence-electron chi connectivity index (χ1n) is 10.2. The Morgan fingerprint density at radius 2 is 1.97 bits per heavy atom. The maximum Gasteiger partial charge on any atom is 0.174 e. The molecule has 5 rings (SSSR count). The number of hydrogen-bond donors (Lipinski definition) is 1. The maximum absolute atomic E-state index is 13.6. The van der Waals surface area contributed by atoms with E-state index >= 15 is 0 Å². The quantitative estimate of drug-likeness (QED) is 0.304. The second kappa shape index (κ2) is 8.96. The highest BCUT2D eigenvalue weighted by molar-refractivity contribution is 9.10. The fourth-order valence-corrected chi connectivity index (χ4v) is 4.92. The largest absolute Gasteiger partial charge is 0.497 e. The van der Waals surface area contributed by atoms with Crippen molar-refractivity contribution in [2.24, 2.45) is 0 Å². The first-order valence-corrected chi connectivity index (χ1v) is 11.4. The number of nitrogens with zero attached hydrogens (tertiary/aromatic N) is 2. The number of halogens is 2. The van der Waals surface area contributed by atoms with Crippen LogP contribution in [0.1, 0.15) is 23.5 Å². The van der Waals surface area contributed by atoms with E-state index in [9.17, 15) is 4.39 Å². The number of rotatable bonds is 5. The third-order valence-electron chi connectivity index (χ3n) is 5.54. The number of aromatic nitrogens is 1. The molecule has 2 aromatic heterocycles. The summed E-state index contributed by atoms with van der Waals surface area (Å²) >= 11 is 9.18. The molecule has 1 fully saturated rings. The van der Waals surface area contributed by atoms with Crippen LogP contribution in [0.3, 0.4) is 0 Å². The Balaban J connectivity index is 1.61. The van der Waals surface area contributed by atoms with Crippen LogP contribution in [-0.4, -0.2) is 17.2 Å². The lowest BCUT2D eigenvalue weighted by molar-refractivity contribution is 0.414. The molecule has 0 spiro atoms. The number of furan rings is 1. The van der Waals surface area contributed by atoms with Crippen molar-refractivity contribution in [3.63, 3.8) is 0 Å². The van der Waals surface area contributed by atoms with Gasteiger partial charge in [-0.2, -0.15) is 0 Å². The van der Waals surface area contributed by atoms with Crippen LogP contribution >= 0.6 is 28.1 Å². The van der Waals surface area contributed by atoms with Crippen LogP contribution in [-0.2, 0) is 0 Å². The van der Waals surface area contributed by atoms with E-state index in [0.717, 1.165) is 22.7 Å². The molecule has 0 unspecified atom stereocenters. The molecule has 2 aromatic carbocycles. The number of ether oxygens (including phenoxy) is 1. The molecular weight excluding hydrogens is 505 g/mol. The van der Waals surface area contributed by atoms with Gasteiger partial charge in [-0.25, -0.2) is 4.39 Å². The lowest BCUT2D eigenvalue weighted by atomic mass is 10.0. The van der Waals surface area contributed by atoms with Crippen molar-refractivity contribution in [1.29, 1.82) is 0 Å². The zero-order chi connectivity index (χ0) is 22.9. The molecule has 5 nitrogen and oxygen atoms in total. The molecule has 1 aliphatic heterocycles. The Hall–Kier alpha value is -3.23. The Morgan fingerprint density at radius 3 is 2.73 bits per heavy atom. The molecule has 4 aromatic rings. The highest BCUT2D eigenvalue weighted by Crippen LogP contribution is 2.44. The summed E-state index contributed by atoms with van der Waals surface area (Å²) in [5, 5.41) is 3.97. The van der Waals surface area contributed by atoms with Gasteiger partial charge in [0, 0.05) is 28.0 Å². The average molecular weight is 524 g/mol. The van der Waals surface area contributed by atoms with Gasteiger partial charge < -0.3 is 19.4 Å². The predicted molar refractivity (Wildman–Crippen MR) is 133 cm³/mol. The molecule has 0 bridgehead atoms. The van der Waals surface area contributed by atoms with E-state index in [1.54, 1.807) is 19.4 Å². The molecule has 2 atom stereocenters. The number of nitrogens with one attached hydrogen (secondary N) is 1. The van der Waals surface area contributed by atoms with Gasteiger partial charge in [0.15, 0.2) is 5.11 Å². The van der Waals surface area contributed by atoms with Crippen LogP contribution in [0.5, 0.6) is 5.75 Å². The summed E-state index contributed by atoms with van der Waals surface area (Å²) in [6, 6.07) is 21.3. The van der Waals surface area contributed by atoms with E-state index in [0.29, 0.717) is 21.1 Å². The lowest BCUT2D eigenvalue weighted by Crippen LogP contribution is -2.29. The molecule has 8 heteroatoms. The molecule has 0 aliphatic carbocycles. The summed E-state index contributed by atoms with van der Waals surface area (Å²) in [5.74, 6) is 1.74. The zero-order valence-corrected chi connectivity index (χ0v) is 19.9. The van der Waals surface area contributed by atoms with Gasteiger partial charge in [-0.1, -0.05) is 12.1 Å². The van der Waals surface area contributed by atoms with E-state index in [1.807, 2.05) is 59.5 Å². The molecular formula is C25H19BrFN3O2S. The second-order valence-corrected chi connectivity index (χ2v) is 8.77. The van der Waals surface area contributed by atoms with E-state index < -0.39 is 0 Å². The lowest BCUT2D eigenvalue weighted by Gasteiger charge is -2.26. The van der Waals surface area contributed by atoms with Crippen LogP contribution in [0, 0.1) is 5.82 Å². The third kappa shape index (κ3) is 4.12. The fourth-order valence-electron chi connectivity index (χ4n) is 4.03. The maximum atomic E-state index is 13.6. The molecule has 0 amide bonds. The summed E-state index contributed by atoms with van der Waals surface area (Å²) in [4.78, 5) is 6.57.